The quantitative estimate of drug-likeness (QED) is 0.847. The van der Waals surface area contributed by atoms with Crippen LogP contribution in [0, 0.1) is 6.92 Å². The minimum Gasteiger partial charge on any atom is -0.378 e. The highest BCUT2D eigenvalue weighted by Crippen LogP contribution is 2.18. The van der Waals surface area contributed by atoms with Crippen LogP contribution in [0.4, 0.5) is 5.82 Å². The predicted octanol–water partition coefficient (Wildman–Crippen LogP) is 1.78. The zero-order valence-electron chi connectivity index (χ0n) is 13.9. The van der Waals surface area contributed by atoms with Gasteiger partial charge in [0.2, 0.25) is 5.91 Å². The Morgan fingerprint density at radius 2 is 2.13 bits per heavy atom. The third kappa shape index (κ3) is 4.41. The standard InChI is InChI=1S/C17H26N4O2/c1-14-5-7-16(19-18-14)20-9-3-10-21(12-11-20)17(22)8-6-15-4-2-13-23-15/h5,7,15H,2-4,6,8-13H2,1H3/t15-/m1/s1. The Kier molecular flexibility index (Phi) is 5.43. The van der Waals surface area contributed by atoms with Crippen LogP contribution < -0.4 is 4.90 Å². The summed E-state index contributed by atoms with van der Waals surface area (Å²) in [4.78, 5) is 16.6. The molecule has 23 heavy (non-hydrogen) atoms. The SMILES string of the molecule is Cc1ccc(N2CCCN(C(=O)CC[C@H]3CCCO3)CC2)nn1. The number of anilines is 1. The van der Waals surface area contributed by atoms with E-state index in [0.717, 1.165) is 70.0 Å². The van der Waals surface area contributed by atoms with Gasteiger partial charge in [-0.05, 0) is 44.7 Å². The lowest BCUT2D eigenvalue weighted by molar-refractivity contribution is -0.131. The lowest BCUT2D eigenvalue weighted by Gasteiger charge is -2.23. The number of amides is 1. The van der Waals surface area contributed by atoms with Crippen LogP contribution in [0.25, 0.3) is 0 Å². The predicted molar refractivity (Wildman–Crippen MR) is 88.4 cm³/mol. The van der Waals surface area contributed by atoms with Crippen molar-refractivity contribution < 1.29 is 9.53 Å². The van der Waals surface area contributed by atoms with E-state index in [0.29, 0.717) is 12.5 Å². The van der Waals surface area contributed by atoms with Gasteiger partial charge in [-0.15, -0.1) is 5.10 Å². The lowest BCUT2D eigenvalue weighted by atomic mass is 10.1. The fourth-order valence-corrected chi connectivity index (χ4v) is 3.27. The van der Waals surface area contributed by atoms with Crippen LogP contribution >= 0.6 is 0 Å². The van der Waals surface area contributed by atoms with Gasteiger partial charge in [0.15, 0.2) is 5.82 Å². The van der Waals surface area contributed by atoms with Gasteiger partial charge in [-0.1, -0.05) is 0 Å². The molecule has 2 saturated heterocycles. The zero-order chi connectivity index (χ0) is 16.1. The third-order valence-electron chi connectivity index (χ3n) is 4.66. The second-order valence-corrected chi connectivity index (χ2v) is 6.43. The minimum atomic E-state index is 0.261. The molecule has 0 N–H and O–H groups in total. The highest BCUT2D eigenvalue weighted by atomic mass is 16.5. The molecule has 0 radical (unpaired) electrons. The van der Waals surface area contributed by atoms with Crippen molar-refractivity contribution >= 4 is 11.7 Å². The van der Waals surface area contributed by atoms with E-state index in [2.05, 4.69) is 15.1 Å². The van der Waals surface area contributed by atoms with E-state index in [1.165, 1.54) is 0 Å². The molecule has 0 saturated carbocycles. The topological polar surface area (TPSA) is 58.6 Å². The summed E-state index contributed by atoms with van der Waals surface area (Å²) < 4.78 is 5.61. The number of carbonyl (C=O) groups is 1. The van der Waals surface area contributed by atoms with Gasteiger partial charge in [0.1, 0.15) is 0 Å². The summed E-state index contributed by atoms with van der Waals surface area (Å²) in [6.07, 6.45) is 4.98. The molecule has 3 rings (SSSR count). The number of ether oxygens (including phenoxy) is 1. The molecule has 1 aromatic rings. The maximum Gasteiger partial charge on any atom is 0.222 e. The molecular formula is C17H26N4O2. The molecule has 3 heterocycles. The first-order valence-electron chi connectivity index (χ1n) is 8.67. The van der Waals surface area contributed by atoms with Crippen molar-refractivity contribution in [3.8, 4) is 0 Å². The van der Waals surface area contributed by atoms with E-state index in [1.807, 2.05) is 24.0 Å². The molecule has 2 aliphatic rings. The number of aryl methyl sites for hydroxylation is 1. The number of rotatable bonds is 4. The van der Waals surface area contributed by atoms with E-state index >= 15 is 0 Å². The molecule has 2 aliphatic heterocycles. The summed E-state index contributed by atoms with van der Waals surface area (Å²) in [6.45, 7) is 6.14. The molecule has 0 aliphatic carbocycles. The van der Waals surface area contributed by atoms with Gasteiger partial charge in [-0.3, -0.25) is 4.79 Å². The maximum absolute atomic E-state index is 12.4. The van der Waals surface area contributed by atoms with Gasteiger partial charge in [0, 0.05) is 39.2 Å². The molecule has 0 aromatic carbocycles. The van der Waals surface area contributed by atoms with Gasteiger partial charge in [-0.2, -0.15) is 5.10 Å². The van der Waals surface area contributed by atoms with E-state index in [1.54, 1.807) is 0 Å². The van der Waals surface area contributed by atoms with Crippen molar-refractivity contribution in [3.63, 3.8) is 0 Å². The Morgan fingerprint density at radius 3 is 2.87 bits per heavy atom. The third-order valence-corrected chi connectivity index (χ3v) is 4.66. The zero-order valence-corrected chi connectivity index (χ0v) is 13.9. The number of carbonyl (C=O) groups excluding carboxylic acids is 1. The average Bonchev–Trinajstić information content (AvgIpc) is 2.96. The molecule has 126 valence electrons. The smallest absolute Gasteiger partial charge is 0.222 e. The number of hydrogen-bond donors (Lipinski definition) is 0. The first-order chi connectivity index (χ1) is 11.2. The summed E-state index contributed by atoms with van der Waals surface area (Å²) in [5.74, 6) is 1.17. The average molecular weight is 318 g/mol. The van der Waals surface area contributed by atoms with Crippen LogP contribution in [0.1, 0.15) is 37.8 Å². The van der Waals surface area contributed by atoms with Gasteiger partial charge in [-0.25, -0.2) is 0 Å². The van der Waals surface area contributed by atoms with Gasteiger partial charge >= 0.3 is 0 Å². The molecule has 0 unspecified atom stereocenters. The van der Waals surface area contributed by atoms with Crippen LogP contribution in [0.5, 0.6) is 0 Å². The molecule has 1 aromatic heterocycles. The van der Waals surface area contributed by atoms with E-state index in [-0.39, 0.29) is 5.91 Å². The van der Waals surface area contributed by atoms with E-state index < -0.39 is 0 Å². The van der Waals surface area contributed by atoms with Crippen LogP contribution in [0.15, 0.2) is 12.1 Å². The van der Waals surface area contributed by atoms with Crippen LogP contribution in [0.3, 0.4) is 0 Å². The fourth-order valence-electron chi connectivity index (χ4n) is 3.27. The van der Waals surface area contributed by atoms with Crippen LogP contribution in [-0.4, -0.2) is 59.9 Å². The Bertz CT molecular complexity index is 514. The highest BCUT2D eigenvalue weighted by molar-refractivity contribution is 5.76. The molecule has 0 spiro atoms. The Hall–Kier alpha value is -1.69. The Labute approximate surface area is 137 Å². The van der Waals surface area contributed by atoms with Gasteiger partial charge in [0.25, 0.3) is 0 Å². The number of aromatic nitrogens is 2. The summed E-state index contributed by atoms with van der Waals surface area (Å²) in [5, 5.41) is 8.38. The van der Waals surface area contributed by atoms with Gasteiger partial charge < -0.3 is 14.5 Å². The molecule has 2 fully saturated rings. The summed E-state index contributed by atoms with van der Waals surface area (Å²) in [7, 11) is 0. The van der Waals surface area contributed by atoms with Crippen LogP contribution in [-0.2, 0) is 9.53 Å². The summed E-state index contributed by atoms with van der Waals surface area (Å²) in [5.41, 5.74) is 0.925. The summed E-state index contributed by atoms with van der Waals surface area (Å²) in [6, 6.07) is 4.00. The van der Waals surface area contributed by atoms with Gasteiger partial charge in [0.05, 0.1) is 11.8 Å². The van der Waals surface area contributed by atoms with Crippen molar-refractivity contribution in [1.29, 1.82) is 0 Å². The lowest BCUT2D eigenvalue weighted by Crippen LogP contribution is -2.35. The van der Waals surface area contributed by atoms with Crippen LogP contribution in [0.2, 0.25) is 0 Å². The van der Waals surface area contributed by atoms with Crippen molar-refractivity contribution in [2.75, 3.05) is 37.7 Å². The molecule has 1 atom stereocenters. The first kappa shape index (κ1) is 16.2. The molecule has 0 bridgehead atoms. The fraction of sp³-hybridized carbons (Fsp3) is 0.706. The Balaban J connectivity index is 1.49. The van der Waals surface area contributed by atoms with Crippen molar-refractivity contribution in [1.82, 2.24) is 15.1 Å². The minimum absolute atomic E-state index is 0.261. The second kappa shape index (κ2) is 7.73. The number of hydrogen-bond acceptors (Lipinski definition) is 5. The van der Waals surface area contributed by atoms with Crippen molar-refractivity contribution in [3.05, 3.63) is 17.8 Å². The second-order valence-electron chi connectivity index (χ2n) is 6.43. The summed E-state index contributed by atoms with van der Waals surface area (Å²) >= 11 is 0. The maximum atomic E-state index is 12.4. The number of nitrogens with zero attached hydrogens (tertiary/aromatic N) is 4. The molecular weight excluding hydrogens is 292 g/mol. The normalized spacial score (nSPS) is 22.2. The molecule has 6 heteroatoms. The monoisotopic (exact) mass is 318 g/mol. The highest BCUT2D eigenvalue weighted by Gasteiger charge is 2.22. The molecule has 1 amide bonds. The molecule has 6 nitrogen and oxygen atoms in total. The van der Waals surface area contributed by atoms with Crippen molar-refractivity contribution in [2.24, 2.45) is 0 Å². The van der Waals surface area contributed by atoms with Crippen molar-refractivity contribution in [2.45, 2.75) is 45.1 Å². The van der Waals surface area contributed by atoms with E-state index in [9.17, 15) is 4.79 Å². The van der Waals surface area contributed by atoms with E-state index in [4.69, 9.17) is 4.74 Å². The first-order valence-corrected chi connectivity index (χ1v) is 8.67. The largest absolute Gasteiger partial charge is 0.378 e. The Morgan fingerprint density at radius 1 is 1.22 bits per heavy atom.